The summed E-state index contributed by atoms with van der Waals surface area (Å²) < 4.78 is 7.25. The van der Waals surface area contributed by atoms with E-state index in [1.54, 1.807) is 6.92 Å². The van der Waals surface area contributed by atoms with Crippen LogP contribution in [0.25, 0.3) is 11.2 Å². The molecule has 0 spiro atoms. The number of aliphatic hydroxyl groups excluding tert-OH is 2. The maximum Gasteiger partial charge on any atom is 0.314 e. The van der Waals surface area contributed by atoms with Crippen LogP contribution in [0.1, 0.15) is 80.3 Å². The molecule has 1 saturated heterocycles. The summed E-state index contributed by atoms with van der Waals surface area (Å²) >= 11 is 0. The highest BCUT2D eigenvalue weighted by Crippen LogP contribution is 2.33. The Morgan fingerprint density at radius 1 is 0.804 bits per heavy atom. The molecule has 1 aliphatic rings. The number of hydrogen-bond donors (Lipinski definition) is 7. The Morgan fingerprint density at radius 2 is 1.43 bits per heavy atom. The molecule has 0 bridgehead atoms. The van der Waals surface area contributed by atoms with E-state index in [1.807, 2.05) is 60.7 Å². The standard InChI is InChI=1S/C40H56N10O6/c1-4-7-22-49(23-8-5-2)24-21-44-40(55)43-20-19-42-38(54)35-47-34(45-25-29(27-15-11-9-12-16-27)28-17-13-10-14-18-28)30-36(48-35)50(26-46-30)39-32(52)31(51)33(56-39)37(53)41-6-3/h9-18,26,29,31-33,39,51-52H,4-8,19-25H2,1-3H3,(H,41,53)(H,42,54)(H2,43,44,55)(H,45,47,48)/t31-,32+,33-,39+/m0/s1. The van der Waals surface area contributed by atoms with Crippen molar-refractivity contribution in [3.63, 3.8) is 0 Å². The Kier molecular flexibility index (Phi) is 15.9. The van der Waals surface area contributed by atoms with E-state index in [0.717, 1.165) is 56.4 Å². The highest BCUT2D eigenvalue weighted by atomic mass is 16.6. The minimum atomic E-state index is -1.52. The molecule has 4 amide bonds. The zero-order chi connectivity index (χ0) is 39.9. The van der Waals surface area contributed by atoms with Gasteiger partial charge >= 0.3 is 6.03 Å². The normalized spacial score (nSPS) is 18.0. The van der Waals surface area contributed by atoms with Gasteiger partial charge in [0.1, 0.15) is 12.2 Å². The average molecular weight is 773 g/mol. The third kappa shape index (κ3) is 11.0. The molecule has 1 aliphatic heterocycles. The van der Waals surface area contributed by atoms with Gasteiger partial charge in [0.25, 0.3) is 11.8 Å². The van der Waals surface area contributed by atoms with E-state index in [9.17, 15) is 24.6 Å². The highest BCUT2D eigenvalue weighted by Gasteiger charge is 2.47. The summed E-state index contributed by atoms with van der Waals surface area (Å²) in [6.07, 6.45) is 0.243. The largest absolute Gasteiger partial charge is 0.387 e. The Hall–Kier alpha value is -5.16. The lowest BCUT2D eigenvalue weighted by atomic mass is 9.91. The van der Waals surface area contributed by atoms with E-state index in [-0.39, 0.29) is 47.8 Å². The van der Waals surface area contributed by atoms with Crippen LogP contribution in [0.5, 0.6) is 0 Å². The van der Waals surface area contributed by atoms with Crippen LogP contribution in [0.2, 0.25) is 0 Å². The first-order chi connectivity index (χ1) is 27.2. The fourth-order valence-corrected chi connectivity index (χ4v) is 6.63. The predicted molar refractivity (Wildman–Crippen MR) is 213 cm³/mol. The van der Waals surface area contributed by atoms with Gasteiger partial charge in [-0.3, -0.25) is 14.2 Å². The fraction of sp³-hybridized carbons (Fsp3) is 0.500. The van der Waals surface area contributed by atoms with Gasteiger partial charge in [-0.15, -0.1) is 0 Å². The van der Waals surface area contributed by atoms with Crippen molar-refractivity contribution in [3.05, 3.63) is 83.9 Å². The number of imidazole rings is 1. The number of anilines is 1. The molecule has 1 fully saturated rings. The third-order valence-corrected chi connectivity index (χ3v) is 9.69. The first kappa shape index (κ1) is 42.0. The topological polar surface area (TPSA) is 208 Å². The number of unbranched alkanes of at least 4 members (excludes halogenated alkanes) is 2. The number of aromatic nitrogens is 4. The first-order valence-electron chi connectivity index (χ1n) is 19.6. The molecular formula is C40H56N10O6. The molecule has 0 radical (unpaired) electrons. The summed E-state index contributed by atoms with van der Waals surface area (Å²) in [7, 11) is 0. The molecule has 16 nitrogen and oxygen atoms in total. The zero-order valence-corrected chi connectivity index (χ0v) is 32.5. The minimum Gasteiger partial charge on any atom is -0.387 e. The fourth-order valence-electron chi connectivity index (χ4n) is 6.63. The van der Waals surface area contributed by atoms with Crippen LogP contribution >= 0.6 is 0 Å². The van der Waals surface area contributed by atoms with Crippen molar-refractivity contribution in [1.82, 2.24) is 45.7 Å². The molecule has 16 heteroatoms. The quantitative estimate of drug-likeness (QED) is 0.0613. The van der Waals surface area contributed by atoms with Gasteiger partial charge in [0.2, 0.25) is 5.82 Å². The van der Waals surface area contributed by atoms with Crippen molar-refractivity contribution in [2.75, 3.05) is 57.7 Å². The van der Waals surface area contributed by atoms with Crippen molar-refractivity contribution >= 4 is 34.8 Å². The van der Waals surface area contributed by atoms with E-state index >= 15 is 0 Å². The van der Waals surface area contributed by atoms with Crippen LogP contribution in [0.4, 0.5) is 10.6 Å². The maximum absolute atomic E-state index is 13.6. The van der Waals surface area contributed by atoms with Gasteiger partial charge in [0.15, 0.2) is 29.3 Å². The summed E-state index contributed by atoms with van der Waals surface area (Å²) in [5.41, 5.74) is 2.56. The molecule has 0 saturated carbocycles. The second-order valence-electron chi connectivity index (χ2n) is 13.8. The molecule has 4 atom stereocenters. The molecule has 7 N–H and O–H groups in total. The van der Waals surface area contributed by atoms with Gasteiger partial charge < -0.3 is 46.4 Å². The van der Waals surface area contributed by atoms with Crippen LogP contribution in [0.15, 0.2) is 67.0 Å². The molecule has 2 aromatic carbocycles. The summed E-state index contributed by atoms with van der Waals surface area (Å²) in [5.74, 6) is -1.21. The molecule has 56 heavy (non-hydrogen) atoms. The van der Waals surface area contributed by atoms with Gasteiger partial charge in [0, 0.05) is 45.2 Å². The molecule has 2 aromatic heterocycles. The number of carbonyl (C=O) groups is 3. The number of amides is 4. The van der Waals surface area contributed by atoms with Crippen LogP contribution in [0, 0.1) is 0 Å². The van der Waals surface area contributed by atoms with Gasteiger partial charge in [-0.1, -0.05) is 87.4 Å². The number of likely N-dealkylation sites (N-methyl/N-ethyl adjacent to an activating group) is 1. The lowest BCUT2D eigenvalue weighted by Gasteiger charge is -2.22. The van der Waals surface area contributed by atoms with Crippen molar-refractivity contribution < 1.29 is 29.3 Å². The Morgan fingerprint density at radius 3 is 2.05 bits per heavy atom. The molecule has 4 aromatic rings. The number of nitrogens with zero attached hydrogens (tertiary/aromatic N) is 5. The number of ether oxygens (including phenoxy) is 1. The van der Waals surface area contributed by atoms with E-state index in [2.05, 4.69) is 60.3 Å². The number of rotatable bonds is 21. The van der Waals surface area contributed by atoms with E-state index in [1.165, 1.54) is 10.9 Å². The Labute approximate surface area is 327 Å². The minimum absolute atomic E-state index is 0.0947. The molecule has 5 rings (SSSR count). The smallest absolute Gasteiger partial charge is 0.314 e. The number of urea groups is 1. The molecular weight excluding hydrogens is 717 g/mol. The lowest BCUT2D eigenvalue weighted by Crippen LogP contribution is -2.43. The predicted octanol–water partition coefficient (Wildman–Crippen LogP) is 2.76. The van der Waals surface area contributed by atoms with Crippen LogP contribution < -0.4 is 26.6 Å². The highest BCUT2D eigenvalue weighted by molar-refractivity contribution is 5.94. The summed E-state index contributed by atoms with van der Waals surface area (Å²) in [4.78, 5) is 54.7. The number of benzene rings is 2. The third-order valence-electron chi connectivity index (χ3n) is 9.69. The summed E-state index contributed by atoms with van der Waals surface area (Å²) in [5, 5.41) is 36.2. The molecule has 3 heterocycles. The molecule has 0 unspecified atom stereocenters. The first-order valence-corrected chi connectivity index (χ1v) is 19.6. The monoisotopic (exact) mass is 772 g/mol. The molecule has 302 valence electrons. The van der Waals surface area contributed by atoms with Crippen LogP contribution in [-0.4, -0.2) is 123 Å². The van der Waals surface area contributed by atoms with E-state index < -0.39 is 36.4 Å². The Balaban J connectivity index is 1.31. The number of hydrogen-bond acceptors (Lipinski definition) is 11. The number of nitrogens with one attached hydrogen (secondary N) is 5. The SMILES string of the molecule is CCCCN(CCCC)CCNC(=O)NCCNC(=O)c1nc(NCC(c2ccccc2)c2ccccc2)c2ncn([C@@H]3O[C@H](C(=O)NCC)[C@@H](O)[C@H]3O)c2n1. The van der Waals surface area contributed by atoms with Gasteiger partial charge in [0.05, 0.1) is 6.33 Å². The maximum atomic E-state index is 13.6. The van der Waals surface area contributed by atoms with Gasteiger partial charge in [-0.05, 0) is 44.0 Å². The summed E-state index contributed by atoms with van der Waals surface area (Å²) in [6, 6.07) is 19.7. The average Bonchev–Trinajstić information content (AvgIpc) is 3.77. The lowest BCUT2D eigenvalue weighted by molar-refractivity contribution is -0.137. The summed E-state index contributed by atoms with van der Waals surface area (Å²) in [6.45, 7) is 10.3. The molecule has 0 aliphatic carbocycles. The van der Waals surface area contributed by atoms with E-state index in [0.29, 0.717) is 19.6 Å². The van der Waals surface area contributed by atoms with Crippen LogP contribution in [0.3, 0.4) is 0 Å². The second kappa shape index (κ2) is 21.2. The van der Waals surface area contributed by atoms with Crippen molar-refractivity contribution in [2.24, 2.45) is 0 Å². The van der Waals surface area contributed by atoms with E-state index in [4.69, 9.17) is 4.74 Å². The Bertz CT molecular complexity index is 1800. The second-order valence-corrected chi connectivity index (χ2v) is 13.8. The number of carbonyl (C=O) groups excluding carboxylic acids is 3. The van der Waals surface area contributed by atoms with Crippen molar-refractivity contribution in [3.8, 4) is 0 Å². The number of fused-ring (bicyclic) bond motifs is 1. The van der Waals surface area contributed by atoms with Gasteiger partial charge in [-0.25, -0.2) is 19.7 Å². The van der Waals surface area contributed by atoms with Crippen molar-refractivity contribution in [2.45, 2.75) is 76.9 Å². The van der Waals surface area contributed by atoms with Crippen LogP contribution in [-0.2, 0) is 9.53 Å². The zero-order valence-electron chi connectivity index (χ0n) is 32.5. The van der Waals surface area contributed by atoms with Crippen molar-refractivity contribution in [1.29, 1.82) is 0 Å². The van der Waals surface area contributed by atoms with Gasteiger partial charge in [-0.2, -0.15) is 0 Å². The number of aliphatic hydroxyl groups is 2.